The molecule has 0 aliphatic carbocycles. The number of hydrogen-bond acceptors (Lipinski definition) is 6. The molecule has 0 radical (unpaired) electrons. The van der Waals surface area contributed by atoms with Crippen LogP contribution in [0.1, 0.15) is 23.8 Å². The van der Waals surface area contributed by atoms with Crippen LogP contribution in [0.15, 0.2) is 29.8 Å². The lowest BCUT2D eigenvalue weighted by Crippen LogP contribution is -2.50. The van der Waals surface area contributed by atoms with Crippen molar-refractivity contribution in [3.8, 4) is 0 Å². The molecule has 0 aromatic carbocycles. The van der Waals surface area contributed by atoms with Gasteiger partial charge in [-0.25, -0.2) is 4.79 Å². The van der Waals surface area contributed by atoms with Gasteiger partial charge in [-0.2, -0.15) is 5.10 Å². The van der Waals surface area contributed by atoms with Gasteiger partial charge in [0.15, 0.2) is 5.82 Å². The van der Waals surface area contributed by atoms with Crippen molar-refractivity contribution in [2.45, 2.75) is 31.5 Å². The molecule has 1 aliphatic heterocycles. The minimum atomic E-state index is -0.605. The lowest BCUT2D eigenvalue weighted by Gasteiger charge is -2.36. The third-order valence-electron chi connectivity index (χ3n) is 4.47. The van der Waals surface area contributed by atoms with Gasteiger partial charge in [0.1, 0.15) is 0 Å². The Morgan fingerprint density at radius 1 is 1.56 bits per heavy atom. The van der Waals surface area contributed by atoms with Crippen LogP contribution in [0.3, 0.4) is 0 Å². The molecule has 0 spiro atoms. The molecule has 2 aromatic heterocycles. The van der Waals surface area contributed by atoms with Crippen LogP contribution >= 0.6 is 11.3 Å². The van der Waals surface area contributed by atoms with Crippen molar-refractivity contribution >= 4 is 23.2 Å². The lowest BCUT2D eigenvalue weighted by atomic mass is 10.1. The quantitative estimate of drug-likeness (QED) is 0.671. The van der Waals surface area contributed by atoms with E-state index in [1.807, 2.05) is 23.7 Å². The molecule has 1 aliphatic rings. The van der Waals surface area contributed by atoms with E-state index in [0.717, 1.165) is 17.8 Å². The number of aryl methyl sites for hydroxylation is 1. The average molecular weight is 394 g/mol. The van der Waals surface area contributed by atoms with Crippen LogP contribution in [0.5, 0.6) is 0 Å². The summed E-state index contributed by atoms with van der Waals surface area (Å²) in [6.07, 6.45) is 2.53. The number of nitrogens with zero attached hydrogens (tertiary/aromatic N) is 3. The summed E-state index contributed by atoms with van der Waals surface area (Å²) < 4.78 is 12.3. The molecular weight excluding hydrogens is 368 g/mol. The predicted molar refractivity (Wildman–Crippen MR) is 103 cm³/mol. The van der Waals surface area contributed by atoms with Crippen LogP contribution in [-0.4, -0.2) is 65.3 Å². The Morgan fingerprint density at radius 2 is 2.44 bits per heavy atom. The number of thiophene rings is 1. The SMILES string of the molecule is COCCCn1ccc(NC(=O)N2CCOC[C@H]2C[C@@H](O)c2cccs2)n1. The maximum Gasteiger partial charge on any atom is 0.323 e. The highest BCUT2D eigenvalue weighted by atomic mass is 32.1. The van der Waals surface area contributed by atoms with Gasteiger partial charge in [-0.3, -0.25) is 10.00 Å². The molecule has 1 saturated heterocycles. The zero-order valence-electron chi connectivity index (χ0n) is 15.4. The fourth-order valence-corrected chi connectivity index (χ4v) is 3.80. The first-order valence-corrected chi connectivity index (χ1v) is 9.94. The van der Waals surface area contributed by atoms with E-state index in [9.17, 15) is 9.90 Å². The van der Waals surface area contributed by atoms with E-state index in [2.05, 4.69) is 10.4 Å². The van der Waals surface area contributed by atoms with Crippen molar-refractivity contribution in [2.24, 2.45) is 0 Å². The molecule has 0 saturated carbocycles. The first-order chi connectivity index (χ1) is 13.2. The molecule has 2 N–H and O–H groups in total. The first kappa shape index (κ1) is 19.8. The second-order valence-corrected chi connectivity index (χ2v) is 7.41. The molecule has 1 fully saturated rings. The number of aromatic nitrogens is 2. The van der Waals surface area contributed by atoms with Gasteiger partial charge < -0.3 is 19.5 Å². The number of aliphatic hydroxyl groups excluding tert-OH is 1. The normalized spacial score (nSPS) is 18.4. The number of hydrogen-bond donors (Lipinski definition) is 2. The monoisotopic (exact) mass is 394 g/mol. The van der Waals surface area contributed by atoms with Crippen LogP contribution < -0.4 is 5.32 Å². The standard InChI is InChI=1S/C18H26N4O4S/c1-25-9-3-6-21-7-5-17(20-21)19-18(24)22-8-10-26-13-14(22)12-15(23)16-4-2-11-27-16/h2,4-5,7,11,14-15,23H,3,6,8-10,12-13H2,1H3,(H,19,20,24)/t14-,15-/m1/s1. The highest BCUT2D eigenvalue weighted by molar-refractivity contribution is 7.10. The van der Waals surface area contributed by atoms with Crippen molar-refractivity contribution in [1.29, 1.82) is 0 Å². The van der Waals surface area contributed by atoms with Crippen LogP contribution in [-0.2, 0) is 16.0 Å². The molecule has 0 unspecified atom stereocenters. The largest absolute Gasteiger partial charge is 0.387 e. The number of ether oxygens (including phenoxy) is 2. The van der Waals surface area contributed by atoms with Crippen molar-refractivity contribution < 1.29 is 19.4 Å². The fraction of sp³-hybridized carbons (Fsp3) is 0.556. The van der Waals surface area contributed by atoms with Crippen LogP contribution in [0.2, 0.25) is 0 Å². The summed E-state index contributed by atoms with van der Waals surface area (Å²) in [6, 6.07) is 5.19. The van der Waals surface area contributed by atoms with Crippen molar-refractivity contribution in [3.05, 3.63) is 34.7 Å². The van der Waals surface area contributed by atoms with E-state index in [-0.39, 0.29) is 12.1 Å². The minimum Gasteiger partial charge on any atom is -0.387 e. The molecule has 0 bridgehead atoms. The topological polar surface area (TPSA) is 88.9 Å². The number of carbonyl (C=O) groups excluding carboxylic acids is 1. The van der Waals surface area contributed by atoms with Gasteiger partial charge in [0.05, 0.1) is 25.4 Å². The highest BCUT2D eigenvalue weighted by Crippen LogP contribution is 2.26. The highest BCUT2D eigenvalue weighted by Gasteiger charge is 2.30. The number of methoxy groups -OCH3 is 1. The van der Waals surface area contributed by atoms with Crippen molar-refractivity contribution in [3.63, 3.8) is 0 Å². The second-order valence-electron chi connectivity index (χ2n) is 6.43. The van der Waals surface area contributed by atoms with Gasteiger partial charge in [-0.05, 0) is 17.9 Å². The third-order valence-corrected chi connectivity index (χ3v) is 5.44. The van der Waals surface area contributed by atoms with E-state index in [4.69, 9.17) is 9.47 Å². The van der Waals surface area contributed by atoms with Gasteiger partial charge in [-0.1, -0.05) is 6.07 Å². The molecule has 2 aromatic rings. The van der Waals surface area contributed by atoms with E-state index < -0.39 is 6.10 Å². The molecule has 27 heavy (non-hydrogen) atoms. The van der Waals surface area contributed by atoms with Gasteiger partial charge in [0.25, 0.3) is 0 Å². The number of carbonyl (C=O) groups is 1. The average Bonchev–Trinajstić information content (AvgIpc) is 3.34. The number of rotatable bonds is 8. The van der Waals surface area contributed by atoms with Crippen LogP contribution in [0.4, 0.5) is 10.6 Å². The van der Waals surface area contributed by atoms with E-state index in [1.54, 1.807) is 22.8 Å². The maximum absolute atomic E-state index is 12.7. The molecular formula is C18H26N4O4S. The summed E-state index contributed by atoms with van der Waals surface area (Å²) in [6.45, 7) is 2.80. The zero-order chi connectivity index (χ0) is 19.1. The number of anilines is 1. The Bertz CT molecular complexity index is 706. The summed E-state index contributed by atoms with van der Waals surface area (Å²) in [5.74, 6) is 0.515. The zero-order valence-corrected chi connectivity index (χ0v) is 16.2. The minimum absolute atomic E-state index is 0.181. The van der Waals surface area contributed by atoms with E-state index in [0.29, 0.717) is 38.6 Å². The number of aliphatic hydroxyl groups is 1. The first-order valence-electron chi connectivity index (χ1n) is 9.06. The molecule has 2 atom stereocenters. The van der Waals surface area contributed by atoms with Crippen LogP contribution in [0, 0.1) is 0 Å². The Balaban J connectivity index is 1.56. The number of nitrogens with one attached hydrogen (secondary N) is 1. The second kappa shape index (κ2) is 9.84. The van der Waals surface area contributed by atoms with Crippen LogP contribution in [0.25, 0.3) is 0 Å². The molecule has 3 rings (SSSR count). The molecule has 8 nitrogen and oxygen atoms in total. The third kappa shape index (κ3) is 5.52. The maximum atomic E-state index is 12.7. The Kier molecular flexibility index (Phi) is 7.22. The summed E-state index contributed by atoms with van der Waals surface area (Å²) in [5.41, 5.74) is 0. The Morgan fingerprint density at radius 3 is 3.22 bits per heavy atom. The number of urea groups is 1. The lowest BCUT2D eigenvalue weighted by molar-refractivity contribution is -0.00384. The molecule has 3 heterocycles. The molecule has 9 heteroatoms. The predicted octanol–water partition coefficient (Wildman–Crippen LogP) is 2.34. The van der Waals surface area contributed by atoms with Gasteiger partial charge in [0, 0.05) is 50.4 Å². The van der Waals surface area contributed by atoms with Crippen molar-refractivity contribution in [2.75, 3.05) is 38.8 Å². The van der Waals surface area contributed by atoms with Gasteiger partial charge >= 0.3 is 6.03 Å². The smallest absolute Gasteiger partial charge is 0.323 e. The van der Waals surface area contributed by atoms with Gasteiger partial charge in [0.2, 0.25) is 0 Å². The van der Waals surface area contributed by atoms with E-state index in [1.165, 1.54) is 11.3 Å². The number of morpholine rings is 1. The van der Waals surface area contributed by atoms with E-state index >= 15 is 0 Å². The summed E-state index contributed by atoms with van der Waals surface area (Å²) in [7, 11) is 1.67. The number of amides is 2. The summed E-state index contributed by atoms with van der Waals surface area (Å²) in [5, 5.41) is 19.6. The fourth-order valence-electron chi connectivity index (χ4n) is 3.08. The van der Waals surface area contributed by atoms with Gasteiger partial charge in [-0.15, -0.1) is 11.3 Å². The van der Waals surface area contributed by atoms with Crippen molar-refractivity contribution in [1.82, 2.24) is 14.7 Å². The Labute approximate surface area is 162 Å². The Hall–Kier alpha value is -1.94. The summed E-state index contributed by atoms with van der Waals surface area (Å²) in [4.78, 5) is 15.4. The molecule has 2 amide bonds. The summed E-state index contributed by atoms with van der Waals surface area (Å²) >= 11 is 1.51. The molecule has 148 valence electrons.